The van der Waals surface area contributed by atoms with Crippen molar-refractivity contribution in [2.75, 3.05) is 31.6 Å². The average Bonchev–Trinajstić information content (AvgIpc) is 2.59. The highest BCUT2D eigenvalue weighted by molar-refractivity contribution is 5.36. The Labute approximate surface area is 96.2 Å². The van der Waals surface area contributed by atoms with Crippen LogP contribution in [0, 0.1) is 6.92 Å². The maximum absolute atomic E-state index is 5.40. The van der Waals surface area contributed by atoms with E-state index < -0.39 is 0 Å². The Bertz CT molecular complexity index is 331. The molecule has 16 heavy (non-hydrogen) atoms. The summed E-state index contributed by atoms with van der Waals surface area (Å²) in [7, 11) is 1.96. The molecule has 5 nitrogen and oxygen atoms in total. The minimum absolute atomic E-state index is 0.482. The Balaban J connectivity index is 1.73. The maximum atomic E-state index is 5.40. The van der Waals surface area contributed by atoms with Gasteiger partial charge in [0.25, 0.3) is 0 Å². The quantitative estimate of drug-likeness (QED) is 0.783. The van der Waals surface area contributed by atoms with Crippen molar-refractivity contribution in [1.29, 1.82) is 0 Å². The van der Waals surface area contributed by atoms with E-state index in [0.717, 1.165) is 44.2 Å². The number of nitrogens with zero attached hydrogens (tertiary/aromatic N) is 2. The molecule has 1 aliphatic heterocycles. The van der Waals surface area contributed by atoms with Crippen LogP contribution in [0.4, 0.5) is 5.82 Å². The number of ether oxygens (including phenoxy) is 1. The number of anilines is 1. The lowest BCUT2D eigenvalue weighted by Gasteiger charge is -2.23. The second kappa shape index (κ2) is 5.32. The van der Waals surface area contributed by atoms with Gasteiger partial charge in [-0.3, -0.25) is 4.68 Å². The third-order valence-electron chi connectivity index (χ3n) is 2.80. The first-order chi connectivity index (χ1) is 7.75. The van der Waals surface area contributed by atoms with Gasteiger partial charge in [-0.15, -0.1) is 0 Å². The van der Waals surface area contributed by atoms with Crippen LogP contribution in [0.1, 0.15) is 12.1 Å². The Kier molecular flexibility index (Phi) is 3.79. The van der Waals surface area contributed by atoms with Crippen LogP contribution in [0.15, 0.2) is 6.07 Å². The lowest BCUT2D eigenvalue weighted by molar-refractivity contribution is 0.0753. The van der Waals surface area contributed by atoms with E-state index in [4.69, 9.17) is 4.74 Å². The first kappa shape index (κ1) is 11.4. The van der Waals surface area contributed by atoms with Gasteiger partial charge in [-0.1, -0.05) is 0 Å². The normalized spacial score (nSPS) is 21.0. The van der Waals surface area contributed by atoms with E-state index in [0.29, 0.717) is 6.04 Å². The van der Waals surface area contributed by atoms with Crippen LogP contribution in [-0.2, 0) is 11.8 Å². The van der Waals surface area contributed by atoms with Crippen molar-refractivity contribution in [3.8, 4) is 0 Å². The maximum Gasteiger partial charge on any atom is 0.124 e. The first-order valence-corrected chi connectivity index (χ1v) is 5.81. The molecular formula is C11H20N4O. The number of nitrogens with one attached hydrogen (secondary N) is 2. The van der Waals surface area contributed by atoms with Crippen molar-refractivity contribution in [3.63, 3.8) is 0 Å². The highest BCUT2D eigenvalue weighted by atomic mass is 16.5. The molecule has 0 amide bonds. The zero-order valence-electron chi connectivity index (χ0n) is 9.99. The van der Waals surface area contributed by atoms with Gasteiger partial charge in [-0.25, -0.2) is 0 Å². The predicted octanol–water partition coefficient (Wildman–Crippen LogP) is 0.519. The van der Waals surface area contributed by atoms with E-state index in [1.54, 1.807) is 0 Å². The van der Waals surface area contributed by atoms with Crippen molar-refractivity contribution in [2.24, 2.45) is 7.05 Å². The number of hydrogen-bond acceptors (Lipinski definition) is 4. The molecule has 1 fully saturated rings. The van der Waals surface area contributed by atoms with E-state index in [-0.39, 0.29) is 0 Å². The number of morpholine rings is 1. The average molecular weight is 224 g/mol. The summed E-state index contributed by atoms with van der Waals surface area (Å²) in [5.41, 5.74) is 1.05. The minimum atomic E-state index is 0.482. The van der Waals surface area contributed by atoms with E-state index in [1.165, 1.54) is 0 Å². The molecule has 5 heteroatoms. The second-order valence-electron chi connectivity index (χ2n) is 4.24. The van der Waals surface area contributed by atoms with Crippen LogP contribution in [0.5, 0.6) is 0 Å². The third-order valence-corrected chi connectivity index (χ3v) is 2.80. The smallest absolute Gasteiger partial charge is 0.124 e. The molecule has 0 aliphatic carbocycles. The molecule has 2 heterocycles. The molecule has 0 aromatic carbocycles. The van der Waals surface area contributed by atoms with Gasteiger partial charge < -0.3 is 15.4 Å². The standard InChI is InChI=1S/C11H20N4O/c1-9-7-11(15(2)14-9)13-4-3-10-8-16-6-5-12-10/h7,10,12-13H,3-6,8H2,1-2H3. The fraction of sp³-hybridized carbons (Fsp3) is 0.727. The lowest BCUT2D eigenvalue weighted by atomic mass is 10.2. The summed E-state index contributed by atoms with van der Waals surface area (Å²) in [6.07, 6.45) is 1.07. The Morgan fingerprint density at radius 2 is 2.56 bits per heavy atom. The van der Waals surface area contributed by atoms with E-state index in [2.05, 4.69) is 21.8 Å². The molecule has 0 bridgehead atoms. The van der Waals surface area contributed by atoms with E-state index in [9.17, 15) is 0 Å². The van der Waals surface area contributed by atoms with Gasteiger partial charge in [0.1, 0.15) is 5.82 Å². The van der Waals surface area contributed by atoms with Gasteiger partial charge in [-0.05, 0) is 13.3 Å². The van der Waals surface area contributed by atoms with Gasteiger partial charge >= 0.3 is 0 Å². The number of rotatable bonds is 4. The second-order valence-corrected chi connectivity index (χ2v) is 4.24. The number of aromatic nitrogens is 2. The molecule has 1 atom stereocenters. The highest BCUT2D eigenvalue weighted by Crippen LogP contribution is 2.08. The van der Waals surface area contributed by atoms with Gasteiger partial charge in [0, 0.05) is 32.2 Å². The van der Waals surface area contributed by atoms with Gasteiger partial charge in [0.2, 0.25) is 0 Å². The van der Waals surface area contributed by atoms with Crippen LogP contribution in [-0.4, -0.2) is 42.1 Å². The molecule has 1 saturated heterocycles. The Morgan fingerprint density at radius 3 is 3.19 bits per heavy atom. The molecule has 90 valence electrons. The molecule has 0 spiro atoms. The van der Waals surface area contributed by atoms with Crippen molar-refractivity contribution < 1.29 is 4.74 Å². The minimum Gasteiger partial charge on any atom is -0.379 e. The van der Waals surface area contributed by atoms with E-state index in [1.807, 2.05) is 18.7 Å². The van der Waals surface area contributed by atoms with Crippen molar-refractivity contribution in [1.82, 2.24) is 15.1 Å². The van der Waals surface area contributed by atoms with Gasteiger partial charge in [0.15, 0.2) is 0 Å². The Hall–Kier alpha value is -1.07. The Morgan fingerprint density at radius 1 is 1.69 bits per heavy atom. The van der Waals surface area contributed by atoms with Crippen molar-refractivity contribution in [2.45, 2.75) is 19.4 Å². The van der Waals surface area contributed by atoms with Crippen LogP contribution in [0.25, 0.3) is 0 Å². The molecule has 2 N–H and O–H groups in total. The zero-order valence-corrected chi connectivity index (χ0v) is 9.99. The molecule has 1 aromatic heterocycles. The molecular weight excluding hydrogens is 204 g/mol. The number of hydrogen-bond donors (Lipinski definition) is 2. The van der Waals surface area contributed by atoms with Crippen molar-refractivity contribution in [3.05, 3.63) is 11.8 Å². The third kappa shape index (κ3) is 2.96. The molecule has 0 saturated carbocycles. The fourth-order valence-electron chi connectivity index (χ4n) is 1.96. The largest absolute Gasteiger partial charge is 0.379 e. The summed E-state index contributed by atoms with van der Waals surface area (Å²) in [6, 6.07) is 2.54. The summed E-state index contributed by atoms with van der Waals surface area (Å²) < 4.78 is 7.28. The van der Waals surface area contributed by atoms with Gasteiger partial charge in [-0.2, -0.15) is 5.10 Å². The van der Waals surface area contributed by atoms with E-state index >= 15 is 0 Å². The molecule has 1 aromatic rings. The van der Waals surface area contributed by atoms with Crippen LogP contribution >= 0.6 is 0 Å². The molecule has 2 rings (SSSR count). The van der Waals surface area contributed by atoms with Crippen molar-refractivity contribution >= 4 is 5.82 Å². The molecule has 1 aliphatic rings. The van der Waals surface area contributed by atoms with Crippen LogP contribution < -0.4 is 10.6 Å². The summed E-state index contributed by atoms with van der Waals surface area (Å²) in [4.78, 5) is 0. The van der Waals surface area contributed by atoms with Crippen LogP contribution in [0.3, 0.4) is 0 Å². The monoisotopic (exact) mass is 224 g/mol. The summed E-state index contributed by atoms with van der Waals surface area (Å²) in [5.74, 6) is 1.08. The molecule has 1 unspecified atom stereocenters. The lowest BCUT2D eigenvalue weighted by Crippen LogP contribution is -2.42. The summed E-state index contributed by atoms with van der Waals surface area (Å²) >= 11 is 0. The topological polar surface area (TPSA) is 51.1 Å². The summed E-state index contributed by atoms with van der Waals surface area (Å²) in [5, 5.41) is 11.1. The number of aryl methyl sites for hydroxylation is 2. The first-order valence-electron chi connectivity index (χ1n) is 5.81. The zero-order chi connectivity index (χ0) is 11.4. The van der Waals surface area contributed by atoms with Crippen LogP contribution in [0.2, 0.25) is 0 Å². The SMILES string of the molecule is Cc1cc(NCCC2COCCN2)n(C)n1. The fourth-order valence-corrected chi connectivity index (χ4v) is 1.96. The highest BCUT2D eigenvalue weighted by Gasteiger charge is 2.12. The van der Waals surface area contributed by atoms with Gasteiger partial charge in [0.05, 0.1) is 18.9 Å². The summed E-state index contributed by atoms with van der Waals surface area (Å²) in [6.45, 7) is 5.58. The predicted molar refractivity (Wildman–Crippen MR) is 63.7 cm³/mol. The molecule has 0 radical (unpaired) electrons.